The number of rotatable bonds is 6. The van der Waals surface area contributed by atoms with Gasteiger partial charge in [0.25, 0.3) is 11.6 Å². The van der Waals surface area contributed by atoms with Gasteiger partial charge >= 0.3 is 0 Å². The van der Waals surface area contributed by atoms with Gasteiger partial charge in [0.15, 0.2) is 0 Å². The predicted octanol–water partition coefficient (Wildman–Crippen LogP) is 1.21. The van der Waals surface area contributed by atoms with Crippen molar-refractivity contribution in [2.24, 2.45) is 0 Å². The van der Waals surface area contributed by atoms with Gasteiger partial charge < -0.3 is 10.2 Å². The highest BCUT2D eigenvalue weighted by atomic mass is 16.6. The number of nitro groups is 1. The van der Waals surface area contributed by atoms with Crippen LogP contribution in [-0.4, -0.2) is 31.5 Å². The summed E-state index contributed by atoms with van der Waals surface area (Å²) in [5.74, 6) is -0.241. The van der Waals surface area contributed by atoms with Gasteiger partial charge in [0.1, 0.15) is 12.6 Å². The first-order valence-electron chi connectivity index (χ1n) is 7.36. The number of nitrogens with zero attached hydrogens (tertiary/aromatic N) is 1. The molecule has 0 unspecified atom stereocenters. The number of likely N-dealkylation sites (N-methyl/N-ethyl adjacent to an activating group) is 1. The van der Waals surface area contributed by atoms with Gasteiger partial charge in [0.05, 0.1) is 19.0 Å². The number of benzene rings is 2. The van der Waals surface area contributed by atoms with Crippen LogP contribution < -0.4 is 10.2 Å². The van der Waals surface area contributed by atoms with Crippen molar-refractivity contribution in [1.82, 2.24) is 5.32 Å². The van der Waals surface area contributed by atoms with Crippen LogP contribution in [0.2, 0.25) is 0 Å². The maximum Gasteiger partial charge on any atom is 0.269 e. The fourth-order valence-electron chi connectivity index (χ4n) is 2.32. The summed E-state index contributed by atoms with van der Waals surface area (Å²) >= 11 is 0. The third-order valence-electron chi connectivity index (χ3n) is 3.46. The second-order valence-corrected chi connectivity index (χ2v) is 5.65. The van der Waals surface area contributed by atoms with Crippen molar-refractivity contribution in [1.29, 1.82) is 0 Å². The number of hydrogen-bond donors (Lipinski definition) is 2. The van der Waals surface area contributed by atoms with Crippen LogP contribution >= 0.6 is 0 Å². The van der Waals surface area contributed by atoms with Gasteiger partial charge in [-0.25, -0.2) is 0 Å². The van der Waals surface area contributed by atoms with Gasteiger partial charge in [0.2, 0.25) is 0 Å². The molecule has 0 fully saturated rings. The largest absolute Gasteiger partial charge is 0.340 e. The molecular formula is C17H20N3O3+. The Morgan fingerprint density at radius 3 is 2.26 bits per heavy atom. The van der Waals surface area contributed by atoms with Gasteiger partial charge in [-0.2, -0.15) is 0 Å². The minimum absolute atomic E-state index is 0.0288. The van der Waals surface area contributed by atoms with E-state index in [-0.39, 0.29) is 17.6 Å². The zero-order chi connectivity index (χ0) is 16.8. The van der Waals surface area contributed by atoms with E-state index >= 15 is 0 Å². The third-order valence-corrected chi connectivity index (χ3v) is 3.46. The fraction of sp³-hybridized carbons (Fsp3) is 0.235. The molecule has 0 saturated heterocycles. The van der Waals surface area contributed by atoms with Crippen LogP contribution in [0.25, 0.3) is 0 Å². The van der Waals surface area contributed by atoms with Crippen LogP contribution in [-0.2, 0) is 0 Å². The third kappa shape index (κ3) is 4.62. The molecule has 23 heavy (non-hydrogen) atoms. The average Bonchev–Trinajstić information content (AvgIpc) is 2.54. The van der Waals surface area contributed by atoms with E-state index in [1.165, 1.54) is 29.2 Å². The standard InChI is InChI=1S/C17H19N3O3/c1-19(2)12-16(13-6-4-3-5-7-13)18-17(21)14-8-10-15(11-9-14)20(22)23/h3-11,16H,12H2,1-2H3,(H,18,21)/p+1/t16-/m0/s1. The first-order valence-corrected chi connectivity index (χ1v) is 7.36. The lowest BCUT2D eigenvalue weighted by Gasteiger charge is -2.21. The van der Waals surface area contributed by atoms with Crippen molar-refractivity contribution in [3.63, 3.8) is 0 Å². The van der Waals surface area contributed by atoms with E-state index in [4.69, 9.17) is 0 Å². The Morgan fingerprint density at radius 2 is 1.74 bits per heavy atom. The number of carbonyl (C=O) groups is 1. The summed E-state index contributed by atoms with van der Waals surface area (Å²) in [6, 6.07) is 15.2. The first-order chi connectivity index (χ1) is 11.0. The molecule has 0 spiro atoms. The summed E-state index contributed by atoms with van der Waals surface area (Å²) in [6.07, 6.45) is 0. The summed E-state index contributed by atoms with van der Waals surface area (Å²) < 4.78 is 0. The van der Waals surface area contributed by atoms with E-state index in [1.54, 1.807) is 0 Å². The Hall–Kier alpha value is -2.73. The quantitative estimate of drug-likeness (QED) is 0.621. The van der Waals surface area contributed by atoms with E-state index in [9.17, 15) is 14.9 Å². The summed E-state index contributed by atoms with van der Waals surface area (Å²) in [5.41, 5.74) is 1.41. The number of amides is 1. The second kappa shape index (κ2) is 7.51. The van der Waals surface area contributed by atoms with Crippen molar-refractivity contribution in [2.75, 3.05) is 20.6 Å². The highest BCUT2D eigenvalue weighted by Crippen LogP contribution is 2.14. The van der Waals surface area contributed by atoms with Crippen LogP contribution in [0.1, 0.15) is 22.0 Å². The van der Waals surface area contributed by atoms with Crippen molar-refractivity contribution in [3.05, 3.63) is 75.8 Å². The Balaban J connectivity index is 2.15. The topological polar surface area (TPSA) is 76.7 Å². The molecule has 0 aromatic heterocycles. The maximum atomic E-state index is 12.4. The maximum absolute atomic E-state index is 12.4. The lowest BCUT2D eigenvalue weighted by molar-refractivity contribution is -0.860. The number of nitro benzene ring substituents is 1. The minimum Gasteiger partial charge on any atom is -0.340 e. The smallest absolute Gasteiger partial charge is 0.269 e. The number of nitrogens with one attached hydrogen (secondary N) is 2. The predicted molar refractivity (Wildman–Crippen MR) is 87.4 cm³/mol. The molecule has 0 bridgehead atoms. The molecule has 6 heteroatoms. The van der Waals surface area contributed by atoms with Gasteiger partial charge in [-0.3, -0.25) is 14.9 Å². The molecule has 0 aliphatic heterocycles. The fourth-order valence-corrected chi connectivity index (χ4v) is 2.32. The van der Waals surface area contributed by atoms with Gasteiger partial charge in [-0.05, 0) is 17.7 Å². The molecular weight excluding hydrogens is 294 g/mol. The molecule has 1 amide bonds. The lowest BCUT2D eigenvalue weighted by atomic mass is 10.1. The van der Waals surface area contributed by atoms with Crippen LogP contribution in [0, 0.1) is 10.1 Å². The zero-order valence-corrected chi connectivity index (χ0v) is 13.2. The molecule has 2 aromatic rings. The van der Waals surface area contributed by atoms with Crippen LogP contribution in [0.5, 0.6) is 0 Å². The molecule has 1 atom stereocenters. The molecule has 120 valence electrons. The highest BCUT2D eigenvalue weighted by molar-refractivity contribution is 5.94. The van der Waals surface area contributed by atoms with Crippen molar-refractivity contribution in [2.45, 2.75) is 6.04 Å². The average molecular weight is 314 g/mol. The zero-order valence-electron chi connectivity index (χ0n) is 13.2. The molecule has 2 aromatic carbocycles. The highest BCUT2D eigenvalue weighted by Gasteiger charge is 2.19. The summed E-state index contributed by atoms with van der Waals surface area (Å²) in [5, 5.41) is 13.7. The molecule has 0 aliphatic rings. The molecule has 0 aliphatic carbocycles. The summed E-state index contributed by atoms with van der Waals surface area (Å²) in [7, 11) is 4.04. The van der Waals surface area contributed by atoms with Crippen LogP contribution in [0.15, 0.2) is 54.6 Å². The van der Waals surface area contributed by atoms with Gasteiger partial charge in [-0.1, -0.05) is 30.3 Å². The van der Waals surface area contributed by atoms with Crippen molar-refractivity contribution >= 4 is 11.6 Å². The number of hydrogen-bond acceptors (Lipinski definition) is 3. The Kier molecular flexibility index (Phi) is 5.43. The molecule has 0 saturated carbocycles. The molecule has 0 radical (unpaired) electrons. The summed E-state index contributed by atoms with van der Waals surface area (Å²) in [4.78, 5) is 23.8. The first kappa shape index (κ1) is 16.6. The molecule has 2 N–H and O–H groups in total. The van der Waals surface area contributed by atoms with E-state index in [0.717, 1.165) is 12.1 Å². The van der Waals surface area contributed by atoms with E-state index in [2.05, 4.69) is 5.32 Å². The van der Waals surface area contributed by atoms with E-state index < -0.39 is 4.92 Å². The lowest BCUT2D eigenvalue weighted by Crippen LogP contribution is -3.06. The van der Waals surface area contributed by atoms with Crippen molar-refractivity contribution < 1.29 is 14.6 Å². The van der Waals surface area contributed by atoms with E-state index in [0.29, 0.717) is 5.56 Å². The van der Waals surface area contributed by atoms with E-state index in [1.807, 2.05) is 44.4 Å². The Morgan fingerprint density at radius 1 is 1.13 bits per heavy atom. The number of quaternary nitrogens is 1. The minimum atomic E-state index is -0.482. The molecule has 6 nitrogen and oxygen atoms in total. The number of non-ortho nitro benzene ring substituents is 1. The normalized spacial score (nSPS) is 12.0. The number of carbonyl (C=O) groups excluding carboxylic acids is 1. The molecule has 2 rings (SSSR count). The van der Waals surface area contributed by atoms with Crippen LogP contribution in [0.4, 0.5) is 5.69 Å². The Labute approximate surface area is 134 Å². The SMILES string of the molecule is C[NH+](C)C[C@H](NC(=O)c1ccc([N+](=O)[O-])cc1)c1ccccc1. The van der Waals surface area contributed by atoms with Crippen molar-refractivity contribution in [3.8, 4) is 0 Å². The summed E-state index contributed by atoms with van der Waals surface area (Å²) in [6.45, 7) is 0.739. The van der Waals surface area contributed by atoms with Crippen LogP contribution in [0.3, 0.4) is 0 Å². The molecule has 0 heterocycles. The van der Waals surface area contributed by atoms with Gasteiger partial charge in [-0.15, -0.1) is 0 Å². The monoisotopic (exact) mass is 314 g/mol. The Bertz CT molecular complexity index is 669. The second-order valence-electron chi connectivity index (χ2n) is 5.65. The van der Waals surface area contributed by atoms with Gasteiger partial charge in [0, 0.05) is 17.7 Å².